The summed E-state index contributed by atoms with van der Waals surface area (Å²) in [7, 11) is 0. The van der Waals surface area contributed by atoms with E-state index in [1.54, 1.807) is 12.1 Å². The van der Waals surface area contributed by atoms with Gasteiger partial charge in [-0.3, -0.25) is 36.3 Å². The van der Waals surface area contributed by atoms with Crippen LogP contribution >= 0.6 is 31.9 Å². The van der Waals surface area contributed by atoms with Crippen LogP contribution in [-0.4, -0.2) is 21.3 Å². The van der Waals surface area contributed by atoms with E-state index in [2.05, 4.69) is 47.8 Å². The second kappa shape index (κ2) is 16.6. The lowest BCUT2D eigenvalue weighted by molar-refractivity contribution is -0.385. The number of nitro benzene ring substituents is 2. The predicted octanol–water partition coefficient (Wildman–Crippen LogP) is 7.73. The quantitative estimate of drug-likeness (QED) is 0.0584. The van der Waals surface area contributed by atoms with Crippen LogP contribution in [0.25, 0.3) is 0 Å². The molecule has 0 spiro atoms. The van der Waals surface area contributed by atoms with Crippen molar-refractivity contribution in [2.75, 3.05) is 10.9 Å². The van der Waals surface area contributed by atoms with Crippen LogP contribution in [0.1, 0.15) is 29.8 Å². The Morgan fingerprint density at radius 3 is 1.44 bits per heavy atom. The highest BCUT2D eigenvalue weighted by Crippen LogP contribution is 2.16. The number of ketones is 1. The summed E-state index contributed by atoms with van der Waals surface area (Å²) in [6.07, 6.45) is 0. The van der Waals surface area contributed by atoms with E-state index in [4.69, 9.17) is 5.84 Å². The van der Waals surface area contributed by atoms with Gasteiger partial charge in [-0.05, 0) is 92.2 Å². The lowest BCUT2D eigenvalue weighted by Gasteiger charge is -2.03. The van der Waals surface area contributed by atoms with Gasteiger partial charge in [-0.15, -0.1) is 0 Å². The zero-order valence-corrected chi connectivity index (χ0v) is 25.1. The van der Waals surface area contributed by atoms with Gasteiger partial charge in [0.1, 0.15) is 0 Å². The van der Waals surface area contributed by atoms with E-state index in [0.29, 0.717) is 5.56 Å². The van der Waals surface area contributed by atoms with Gasteiger partial charge in [0.05, 0.1) is 21.2 Å². The van der Waals surface area contributed by atoms with Crippen LogP contribution in [0.3, 0.4) is 0 Å². The number of non-ortho nitro benzene ring substituents is 2. The molecule has 4 N–H and O–H groups in total. The van der Waals surface area contributed by atoms with E-state index >= 15 is 0 Å². The number of nitro groups is 2. The van der Waals surface area contributed by atoms with E-state index < -0.39 is 9.85 Å². The van der Waals surface area contributed by atoms with Crippen molar-refractivity contribution in [3.8, 4) is 0 Å². The van der Waals surface area contributed by atoms with Crippen LogP contribution in [-0.2, 0) is 0 Å². The third-order valence-electron chi connectivity index (χ3n) is 5.19. The Labute approximate surface area is 253 Å². The highest BCUT2D eigenvalue weighted by atomic mass is 79.9. The van der Waals surface area contributed by atoms with Crippen molar-refractivity contribution >= 4 is 66.1 Å². The number of hydrazone groups is 1. The van der Waals surface area contributed by atoms with Crippen LogP contribution in [0.2, 0.25) is 0 Å². The molecule has 0 amide bonds. The predicted molar refractivity (Wildman–Crippen MR) is 168 cm³/mol. The molecule has 212 valence electrons. The summed E-state index contributed by atoms with van der Waals surface area (Å²) in [5.41, 5.74) is 9.40. The molecule has 0 heterocycles. The van der Waals surface area contributed by atoms with Gasteiger partial charge in [-0.2, -0.15) is 5.10 Å². The van der Waals surface area contributed by atoms with Crippen molar-refractivity contribution in [3.63, 3.8) is 0 Å². The minimum Gasteiger partial charge on any atom is -0.324 e. The molecular weight excluding hydrogens is 660 g/mol. The molecule has 0 aromatic heterocycles. The lowest BCUT2D eigenvalue weighted by Crippen LogP contribution is -2.05. The Kier molecular flexibility index (Phi) is 13.3. The number of benzene rings is 4. The summed E-state index contributed by atoms with van der Waals surface area (Å²) in [4.78, 5) is 30.6. The third-order valence-corrected chi connectivity index (χ3v) is 6.25. The Bertz CT molecular complexity index is 1450. The number of carbonyl (C=O) groups excluding carboxylic acids is 1. The van der Waals surface area contributed by atoms with Crippen molar-refractivity contribution in [2.24, 2.45) is 10.9 Å². The molecule has 4 rings (SSSR count). The monoisotopic (exact) mass is 684 g/mol. The molecule has 0 bridgehead atoms. The van der Waals surface area contributed by atoms with E-state index in [9.17, 15) is 25.0 Å². The number of hydrogen-bond acceptors (Lipinski definition) is 9. The molecule has 4 aromatic carbocycles. The summed E-state index contributed by atoms with van der Waals surface area (Å²) in [6.45, 7) is 3.26. The summed E-state index contributed by atoms with van der Waals surface area (Å²) >= 11 is 6.67. The molecule has 4 aromatic rings. The number of hydrazine groups is 1. The fourth-order valence-corrected chi connectivity index (χ4v) is 3.45. The zero-order chi connectivity index (χ0) is 30.4. The number of nitrogens with two attached hydrogens (primary N) is 1. The number of nitrogens with zero attached hydrogens (tertiary/aromatic N) is 3. The standard InChI is InChI=1S/C14H12BrN3O2.C8H7NO3.C6H7BrN2/c1-10(11-2-8-14(9-3-11)18(19)20)16-17-13-6-4-12(15)5-7-13;1-6(10)7-2-4-8(5-3-7)9(11)12;7-5-1-3-6(9-8)4-2-5/h2-9,17H,1H3;2-5H,1H3;1-4,9H,8H2/b16-10-;;. The molecule has 0 saturated carbocycles. The second-order valence-electron chi connectivity index (χ2n) is 8.13. The molecule has 0 aliphatic carbocycles. The van der Waals surface area contributed by atoms with Gasteiger partial charge in [-0.25, -0.2) is 0 Å². The van der Waals surface area contributed by atoms with Gasteiger partial charge in [0.2, 0.25) is 0 Å². The van der Waals surface area contributed by atoms with Crippen molar-refractivity contribution in [3.05, 3.63) is 137 Å². The molecule has 0 unspecified atom stereocenters. The molecule has 0 aliphatic rings. The van der Waals surface area contributed by atoms with Crippen molar-refractivity contribution in [1.82, 2.24) is 0 Å². The van der Waals surface area contributed by atoms with Gasteiger partial charge in [0, 0.05) is 44.5 Å². The van der Waals surface area contributed by atoms with Gasteiger partial charge in [0.15, 0.2) is 5.78 Å². The first-order chi connectivity index (χ1) is 19.5. The van der Waals surface area contributed by atoms with Crippen LogP contribution < -0.4 is 16.7 Å². The molecular formula is C28H26Br2N6O5. The SMILES string of the molecule is C/C(=N/Nc1ccc(Br)cc1)c1ccc([N+](=O)[O-])cc1.CC(=O)c1ccc([N+](=O)[O-])cc1.NNc1ccc(Br)cc1. The molecule has 11 nitrogen and oxygen atoms in total. The lowest BCUT2D eigenvalue weighted by atomic mass is 10.1. The summed E-state index contributed by atoms with van der Waals surface area (Å²) < 4.78 is 2.06. The number of rotatable bonds is 7. The van der Waals surface area contributed by atoms with Gasteiger partial charge in [0.25, 0.3) is 11.4 Å². The Morgan fingerprint density at radius 1 is 0.683 bits per heavy atom. The first kappa shape index (κ1) is 32.8. The highest BCUT2D eigenvalue weighted by Gasteiger charge is 2.06. The van der Waals surface area contributed by atoms with Crippen LogP contribution in [0.15, 0.2) is 111 Å². The fraction of sp³-hybridized carbons (Fsp3) is 0.0714. The van der Waals surface area contributed by atoms with E-state index in [0.717, 1.165) is 31.6 Å². The smallest absolute Gasteiger partial charge is 0.269 e. The van der Waals surface area contributed by atoms with Crippen molar-refractivity contribution in [2.45, 2.75) is 13.8 Å². The van der Waals surface area contributed by atoms with Crippen molar-refractivity contribution in [1.29, 1.82) is 0 Å². The molecule has 0 radical (unpaired) electrons. The van der Waals surface area contributed by atoms with Gasteiger partial charge in [-0.1, -0.05) is 31.9 Å². The fourth-order valence-electron chi connectivity index (χ4n) is 2.93. The van der Waals surface area contributed by atoms with E-state index in [1.807, 2.05) is 55.5 Å². The summed E-state index contributed by atoms with van der Waals surface area (Å²) in [5, 5.41) is 25.0. The molecule has 0 aliphatic heterocycles. The van der Waals surface area contributed by atoms with Gasteiger partial charge < -0.3 is 5.43 Å². The van der Waals surface area contributed by atoms with Crippen LogP contribution in [0.5, 0.6) is 0 Å². The normalized spacial score (nSPS) is 10.2. The van der Waals surface area contributed by atoms with Gasteiger partial charge >= 0.3 is 0 Å². The Balaban J connectivity index is 0.000000237. The number of nitrogens with one attached hydrogen (secondary N) is 2. The number of halogens is 2. The third kappa shape index (κ3) is 11.7. The average Bonchev–Trinajstić information content (AvgIpc) is 2.98. The van der Waals surface area contributed by atoms with E-state index in [1.165, 1.54) is 43.3 Å². The number of carbonyl (C=O) groups is 1. The number of nitrogen functional groups attached to an aromatic ring is 1. The highest BCUT2D eigenvalue weighted by molar-refractivity contribution is 9.10. The van der Waals surface area contributed by atoms with Crippen LogP contribution in [0, 0.1) is 20.2 Å². The first-order valence-electron chi connectivity index (χ1n) is 11.8. The Hall–Kier alpha value is -4.46. The van der Waals surface area contributed by atoms with Crippen molar-refractivity contribution < 1.29 is 14.6 Å². The largest absolute Gasteiger partial charge is 0.324 e. The number of Topliss-reactive ketones (excluding diaryl/α,β-unsaturated/α-hetero) is 1. The minimum atomic E-state index is -0.496. The van der Waals surface area contributed by atoms with E-state index in [-0.39, 0.29) is 17.2 Å². The zero-order valence-electron chi connectivity index (χ0n) is 22.0. The second-order valence-corrected chi connectivity index (χ2v) is 9.96. The molecule has 41 heavy (non-hydrogen) atoms. The first-order valence-corrected chi connectivity index (χ1v) is 13.4. The molecule has 0 fully saturated rings. The summed E-state index contributed by atoms with van der Waals surface area (Å²) in [6, 6.07) is 27.1. The Morgan fingerprint density at radius 2 is 1.07 bits per heavy atom. The maximum absolute atomic E-state index is 10.8. The number of anilines is 2. The molecule has 0 saturated heterocycles. The number of hydrogen-bond donors (Lipinski definition) is 3. The molecule has 0 atom stereocenters. The maximum atomic E-state index is 10.8. The average molecular weight is 686 g/mol. The molecule has 13 heteroatoms. The maximum Gasteiger partial charge on any atom is 0.269 e. The minimum absolute atomic E-state index is 0.000000000000000222. The van der Waals surface area contributed by atoms with Crippen LogP contribution in [0.4, 0.5) is 22.7 Å². The topological polar surface area (TPSA) is 166 Å². The summed E-state index contributed by atoms with van der Waals surface area (Å²) in [5.74, 6) is 5.04.